The molecule has 1 aromatic heterocycles. The van der Waals surface area contributed by atoms with Crippen LogP contribution in [0.25, 0.3) is 10.9 Å². The van der Waals surface area contributed by atoms with Crippen molar-refractivity contribution in [3.63, 3.8) is 0 Å². The summed E-state index contributed by atoms with van der Waals surface area (Å²) in [7, 11) is 1.47. The fourth-order valence-electron chi connectivity index (χ4n) is 2.28. The van der Waals surface area contributed by atoms with Crippen molar-refractivity contribution in [2.45, 2.75) is 13.8 Å². The van der Waals surface area contributed by atoms with Crippen molar-refractivity contribution in [1.29, 1.82) is 0 Å². The van der Waals surface area contributed by atoms with Crippen molar-refractivity contribution in [3.05, 3.63) is 45.5 Å². The van der Waals surface area contributed by atoms with Crippen LogP contribution in [-0.4, -0.2) is 37.6 Å². The van der Waals surface area contributed by atoms with Gasteiger partial charge in [0.05, 0.1) is 12.0 Å². The van der Waals surface area contributed by atoms with Gasteiger partial charge in [-0.1, -0.05) is 0 Å². The van der Waals surface area contributed by atoms with E-state index in [-0.39, 0.29) is 13.3 Å². The van der Waals surface area contributed by atoms with Crippen molar-refractivity contribution < 1.29 is 27.4 Å². The standard InChI is InChI=1S/C16H17F3N2O4/c1-4-24-8-20(3)21-7-10(16(23)25-5-2)15(22)9-6-11(17)12(18)13(19)14(9)21/h6-7H,4-5,8H2,1-3H3. The molecule has 2 aromatic rings. The number of carbonyl (C=O) groups is 1. The van der Waals surface area contributed by atoms with E-state index in [1.165, 1.54) is 12.1 Å². The molecule has 0 bridgehead atoms. The zero-order valence-corrected chi connectivity index (χ0v) is 13.9. The molecule has 0 aliphatic rings. The summed E-state index contributed by atoms with van der Waals surface area (Å²) in [6.45, 7) is 3.59. The lowest BCUT2D eigenvalue weighted by Gasteiger charge is -2.25. The van der Waals surface area contributed by atoms with E-state index in [1.54, 1.807) is 13.8 Å². The maximum atomic E-state index is 14.3. The highest BCUT2D eigenvalue weighted by Gasteiger charge is 2.24. The number of nitrogens with zero attached hydrogens (tertiary/aromatic N) is 2. The second-order valence-electron chi connectivity index (χ2n) is 5.10. The zero-order chi connectivity index (χ0) is 18.7. The summed E-state index contributed by atoms with van der Waals surface area (Å²) in [6.07, 6.45) is 1.02. The lowest BCUT2D eigenvalue weighted by atomic mass is 10.1. The molecule has 0 saturated heterocycles. The normalized spacial score (nSPS) is 11.0. The van der Waals surface area contributed by atoms with Gasteiger partial charge in [0.25, 0.3) is 0 Å². The molecule has 1 aromatic carbocycles. The molecule has 1 heterocycles. The summed E-state index contributed by atoms with van der Waals surface area (Å²) in [6, 6.07) is 0.559. The first-order valence-electron chi connectivity index (χ1n) is 7.52. The first kappa shape index (κ1) is 18.8. The minimum atomic E-state index is -1.71. The van der Waals surface area contributed by atoms with Crippen molar-refractivity contribution in [2.24, 2.45) is 0 Å². The Bertz CT molecular complexity index is 867. The summed E-state index contributed by atoms with van der Waals surface area (Å²) in [5.41, 5.74) is -1.88. The first-order chi connectivity index (χ1) is 11.8. The van der Waals surface area contributed by atoms with Gasteiger partial charge < -0.3 is 9.47 Å². The molecular formula is C16H17F3N2O4. The summed E-state index contributed by atoms with van der Waals surface area (Å²) in [5.74, 6) is -5.72. The van der Waals surface area contributed by atoms with Crippen molar-refractivity contribution in [3.8, 4) is 0 Å². The van der Waals surface area contributed by atoms with Gasteiger partial charge in [0.15, 0.2) is 17.5 Å². The lowest BCUT2D eigenvalue weighted by Crippen LogP contribution is -2.36. The number of hydrogen-bond donors (Lipinski definition) is 0. The molecule has 2 rings (SSSR count). The Morgan fingerprint density at radius 1 is 1.20 bits per heavy atom. The van der Waals surface area contributed by atoms with Crippen LogP contribution in [0.2, 0.25) is 0 Å². The molecule has 0 atom stereocenters. The van der Waals surface area contributed by atoms with Crippen LogP contribution in [0.1, 0.15) is 24.2 Å². The number of carbonyl (C=O) groups excluding carboxylic acids is 1. The van der Waals surface area contributed by atoms with E-state index < -0.39 is 45.3 Å². The van der Waals surface area contributed by atoms with Crippen molar-refractivity contribution in [1.82, 2.24) is 4.68 Å². The fraction of sp³-hybridized carbons (Fsp3) is 0.375. The van der Waals surface area contributed by atoms with Crippen LogP contribution in [0, 0.1) is 17.5 Å². The average Bonchev–Trinajstić information content (AvgIpc) is 2.58. The second-order valence-corrected chi connectivity index (χ2v) is 5.10. The molecule has 0 N–H and O–H groups in total. The summed E-state index contributed by atoms with van der Waals surface area (Å²) < 4.78 is 52.6. The third-order valence-corrected chi connectivity index (χ3v) is 3.45. The second kappa shape index (κ2) is 7.56. The highest BCUT2D eigenvalue weighted by molar-refractivity contribution is 5.94. The zero-order valence-electron chi connectivity index (χ0n) is 13.9. The largest absolute Gasteiger partial charge is 0.462 e. The quantitative estimate of drug-likeness (QED) is 0.450. The number of pyridine rings is 1. The third kappa shape index (κ3) is 3.46. The highest BCUT2D eigenvalue weighted by atomic mass is 19.2. The van der Waals surface area contributed by atoms with Gasteiger partial charge in [0.1, 0.15) is 17.8 Å². The molecule has 0 unspecified atom stereocenters. The molecule has 0 radical (unpaired) electrons. The molecule has 25 heavy (non-hydrogen) atoms. The highest BCUT2D eigenvalue weighted by Crippen LogP contribution is 2.22. The Kier molecular flexibility index (Phi) is 5.68. The van der Waals surface area contributed by atoms with Crippen LogP contribution in [0.4, 0.5) is 13.2 Å². The Morgan fingerprint density at radius 3 is 2.48 bits per heavy atom. The average molecular weight is 358 g/mol. The van der Waals surface area contributed by atoms with E-state index in [0.29, 0.717) is 12.7 Å². The lowest BCUT2D eigenvalue weighted by molar-refractivity contribution is 0.0523. The van der Waals surface area contributed by atoms with Gasteiger partial charge in [-0.2, -0.15) is 0 Å². The molecule has 0 aliphatic carbocycles. The minimum absolute atomic E-state index is 0.0111. The van der Waals surface area contributed by atoms with E-state index in [9.17, 15) is 22.8 Å². The molecule has 0 aliphatic heterocycles. The van der Waals surface area contributed by atoms with Gasteiger partial charge in [0, 0.05) is 19.9 Å². The Hall–Kier alpha value is -2.55. The van der Waals surface area contributed by atoms with Crippen LogP contribution in [0.3, 0.4) is 0 Å². The Labute approximate surface area is 141 Å². The Balaban J connectivity index is 2.83. The van der Waals surface area contributed by atoms with Crippen LogP contribution >= 0.6 is 0 Å². The van der Waals surface area contributed by atoms with Gasteiger partial charge in [-0.15, -0.1) is 0 Å². The summed E-state index contributed by atoms with van der Waals surface area (Å²) >= 11 is 0. The van der Waals surface area contributed by atoms with E-state index >= 15 is 0 Å². The van der Waals surface area contributed by atoms with E-state index in [1.807, 2.05) is 0 Å². The predicted molar refractivity (Wildman–Crippen MR) is 84.7 cm³/mol. The number of halogens is 3. The van der Waals surface area contributed by atoms with Gasteiger partial charge in [0.2, 0.25) is 5.43 Å². The number of hydrogen-bond acceptors (Lipinski definition) is 5. The number of ether oxygens (including phenoxy) is 2. The minimum Gasteiger partial charge on any atom is -0.462 e. The molecular weight excluding hydrogens is 341 g/mol. The van der Waals surface area contributed by atoms with Crippen LogP contribution in [0.5, 0.6) is 0 Å². The fourth-order valence-corrected chi connectivity index (χ4v) is 2.28. The first-order valence-corrected chi connectivity index (χ1v) is 7.52. The van der Waals surface area contributed by atoms with E-state index in [0.717, 1.165) is 10.9 Å². The molecule has 0 fully saturated rings. The third-order valence-electron chi connectivity index (χ3n) is 3.45. The summed E-state index contributed by atoms with van der Waals surface area (Å²) in [5, 5.41) is 0.819. The van der Waals surface area contributed by atoms with Crippen LogP contribution in [-0.2, 0) is 9.47 Å². The Morgan fingerprint density at radius 2 is 1.88 bits per heavy atom. The predicted octanol–water partition coefficient (Wildman–Crippen LogP) is 2.16. The maximum absolute atomic E-state index is 14.3. The SMILES string of the molecule is CCOCN(C)n1cc(C(=O)OCC)c(=O)c2cc(F)c(F)c(F)c21. The van der Waals surface area contributed by atoms with Crippen molar-refractivity contribution >= 4 is 16.9 Å². The van der Waals surface area contributed by atoms with Gasteiger partial charge in [-0.25, -0.2) is 18.0 Å². The molecule has 0 saturated carbocycles. The molecule has 0 spiro atoms. The monoisotopic (exact) mass is 358 g/mol. The van der Waals surface area contributed by atoms with Gasteiger partial charge in [-0.05, 0) is 19.9 Å². The van der Waals surface area contributed by atoms with E-state index in [4.69, 9.17) is 9.47 Å². The molecule has 136 valence electrons. The smallest absolute Gasteiger partial charge is 0.343 e. The van der Waals surface area contributed by atoms with E-state index in [2.05, 4.69) is 0 Å². The molecule has 0 amide bonds. The maximum Gasteiger partial charge on any atom is 0.343 e. The number of benzene rings is 1. The van der Waals surface area contributed by atoms with Gasteiger partial charge in [-0.3, -0.25) is 14.5 Å². The van der Waals surface area contributed by atoms with Crippen LogP contribution < -0.4 is 10.4 Å². The summed E-state index contributed by atoms with van der Waals surface area (Å²) in [4.78, 5) is 24.4. The molecule has 6 nitrogen and oxygen atoms in total. The number of aromatic nitrogens is 1. The number of esters is 1. The van der Waals surface area contributed by atoms with Gasteiger partial charge >= 0.3 is 5.97 Å². The number of rotatable bonds is 6. The number of fused-ring (bicyclic) bond motifs is 1. The van der Waals surface area contributed by atoms with Crippen molar-refractivity contribution in [2.75, 3.05) is 32.0 Å². The topological polar surface area (TPSA) is 60.8 Å². The molecule has 9 heteroatoms. The van der Waals surface area contributed by atoms with Crippen LogP contribution in [0.15, 0.2) is 17.1 Å².